The summed E-state index contributed by atoms with van der Waals surface area (Å²) in [6.07, 6.45) is -0.820. The van der Waals surface area contributed by atoms with Crippen molar-refractivity contribution in [3.05, 3.63) is 22.7 Å². The van der Waals surface area contributed by atoms with E-state index in [1.54, 1.807) is 0 Å². The molecule has 4 N–H and O–H groups in total. The number of rotatable bonds is 2. The molecule has 17 heavy (non-hydrogen) atoms. The van der Waals surface area contributed by atoms with Gasteiger partial charge in [-0.2, -0.15) is 0 Å². The first-order valence-electron chi connectivity index (χ1n) is 4.99. The zero-order chi connectivity index (χ0) is 12.6. The van der Waals surface area contributed by atoms with Crippen LogP contribution in [0.1, 0.15) is 6.23 Å². The van der Waals surface area contributed by atoms with Gasteiger partial charge in [-0.15, -0.1) is 0 Å². The first kappa shape index (κ1) is 12.5. The fourth-order valence-corrected chi connectivity index (χ4v) is 2.49. The van der Waals surface area contributed by atoms with E-state index in [-0.39, 0.29) is 12.4 Å². The molecule has 1 radical (unpaired) electrons. The van der Waals surface area contributed by atoms with Crippen molar-refractivity contribution in [3.63, 3.8) is 0 Å². The zero-order valence-corrected chi connectivity index (χ0v) is 10.5. The Hall–Kier alpha value is -0.921. The number of nitrogen functional groups attached to an aromatic ring is 1. The standard InChI is InChI=1S/C9H12N3O4Se/c10-5-1-2-12(9(15)11-5)8-7(17)6(14)4(3-13)16-8/h1-2,4,6-8,13-14H,3H2,(H2,10,11,15)/t4-,6+,7?,8-/m1/s1. The third kappa shape index (κ3) is 2.22. The van der Waals surface area contributed by atoms with E-state index in [2.05, 4.69) is 21.0 Å². The van der Waals surface area contributed by atoms with Crippen molar-refractivity contribution in [3.8, 4) is 0 Å². The molecule has 2 heterocycles. The fourth-order valence-electron chi connectivity index (χ4n) is 1.71. The molecule has 1 aromatic rings. The Balaban J connectivity index is 2.32. The first-order chi connectivity index (χ1) is 8.04. The molecule has 2 rings (SSSR count). The average molecular weight is 305 g/mol. The van der Waals surface area contributed by atoms with E-state index in [4.69, 9.17) is 15.6 Å². The van der Waals surface area contributed by atoms with Gasteiger partial charge in [-0.25, -0.2) is 0 Å². The number of hydrogen-bond donors (Lipinski definition) is 3. The number of aromatic nitrogens is 2. The van der Waals surface area contributed by atoms with E-state index in [9.17, 15) is 9.90 Å². The minimum atomic E-state index is -0.866. The molecule has 0 spiro atoms. The second-order valence-corrected chi connectivity index (χ2v) is 4.89. The predicted molar refractivity (Wildman–Crippen MR) is 59.4 cm³/mol. The van der Waals surface area contributed by atoms with E-state index in [0.717, 1.165) is 0 Å². The molecule has 93 valence electrons. The van der Waals surface area contributed by atoms with Crippen LogP contribution in [-0.4, -0.2) is 54.6 Å². The molecule has 7 nitrogen and oxygen atoms in total. The van der Waals surface area contributed by atoms with Gasteiger partial charge in [0, 0.05) is 0 Å². The van der Waals surface area contributed by atoms with E-state index in [1.807, 2.05) is 0 Å². The van der Waals surface area contributed by atoms with Crippen LogP contribution in [0.15, 0.2) is 17.1 Å². The average Bonchev–Trinajstić information content (AvgIpc) is 2.57. The number of anilines is 1. The number of aliphatic hydroxyl groups excluding tert-OH is 2. The first-order valence-corrected chi connectivity index (χ1v) is 5.98. The van der Waals surface area contributed by atoms with Crippen molar-refractivity contribution in [1.29, 1.82) is 0 Å². The normalized spacial score (nSPS) is 32.9. The molecule has 1 aliphatic rings. The molecule has 0 saturated carbocycles. The fraction of sp³-hybridized carbons (Fsp3) is 0.556. The van der Waals surface area contributed by atoms with Crippen molar-refractivity contribution >= 4 is 21.8 Å². The number of hydrogen-bond acceptors (Lipinski definition) is 6. The Bertz CT molecular complexity index is 466. The Labute approximate surface area is 105 Å². The van der Waals surface area contributed by atoms with Gasteiger partial charge in [0.1, 0.15) is 0 Å². The van der Waals surface area contributed by atoms with E-state index < -0.39 is 28.9 Å². The molecule has 1 aliphatic heterocycles. The number of aliphatic hydroxyl groups is 2. The SMILES string of the molecule is Nc1ccn([C@@H]2O[C@H](CO)[C@H](O)C2[Se])c(=O)n1. The number of ether oxygens (including phenoxy) is 1. The summed E-state index contributed by atoms with van der Waals surface area (Å²) in [6, 6.07) is 1.47. The summed E-state index contributed by atoms with van der Waals surface area (Å²) >= 11 is 2.74. The van der Waals surface area contributed by atoms with Crippen molar-refractivity contribution in [2.75, 3.05) is 12.3 Å². The molecule has 0 bridgehead atoms. The van der Waals surface area contributed by atoms with Crippen LogP contribution in [0.5, 0.6) is 0 Å². The summed E-state index contributed by atoms with van der Waals surface area (Å²) in [6.45, 7) is -0.313. The molecule has 1 unspecified atom stereocenters. The Morgan fingerprint density at radius 3 is 2.88 bits per heavy atom. The summed E-state index contributed by atoms with van der Waals surface area (Å²) in [5, 5.41) is 18.8. The maximum absolute atomic E-state index is 11.6. The second kappa shape index (κ2) is 4.75. The van der Waals surface area contributed by atoms with Gasteiger partial charge in [-0.05, 0) is 0 Å². The molecule has 1 saturated heterocycles. The Morgan fingerprint density at radius 1 is 1.65 bits per heavy atom. The second-order valence-electron chi connectivity index (χ2n) is 3.75. The van der Waals surface area contributed by atoms with Gasteiger partial charge in [0.05, 0.1) is 0 Å². The van der Waals surface area contributed by atoms with E-state index in [1.165, 1.54) is 16.8 Å². The minimum absolute atomic E-state index is 0.125. The van der Waals surface area contributed by atoms with Gasteiger partial charge in [-0.3, -0.25) is 0 Å². The molecule has 0 amide bonds. The molecule has 0 aliphatic carbocycles. The topological polar surface area (TPSA) is 111 Å². The molecule has 0 aromatic carbocycles. The molecular weight excluding hydrogens is 293 g/mol. The van der Waals surface area contributed by atoms with Crippen LogP contribution >= 0.6 is 0 Å². The van der Waals surface area contributed by atoms with Gasteiger partial charge in [0.2, 0.25) is 0 Å². The molecular formula is C9H12N3O4Se. The Morgan fingerprint density at radius 2 is 2.35 bits per heavy atom. The Kier molecular flexibility index (Phi) is 3.50. The van der Waals surface area contributed by atoms with Crippen LogP contribution in [0.3, 0.4) is 0 Å². The monoisotopic (exact) mass is 306 g/mol. The zero-order valence-electron chi connectivity index (χ0n) is 8.76. The van der Waals surface area contributed by atoms with Crippen molar-refractivity contribution in [2.45, 2.75) is 23.3 Å². The van der Waals surface area contributed by atoms with Gasteiger partial charge < -0.3 is 0 Å². The summed E-state index contributed by atoms with van der Waals surface area (Å²) in [5.41, 5.74) is 4.82. The van der Waals surface area contributed by atoms with Gasteiger partial charge in [-0.1, -0.05) is 0 Å². The van der Waals surface area contributed by atoms with Crippen LogP contribution in [0, 0.1) is 0 Å². The quantitative estimate of drug-likeness (QED) is 0.547. The van der Waals surface area contributed by atoms with Crippen molar-refractivity contribution in [2.24, 2.45) is 0 Å². The van der Waals surface area contributed by atoms with Gasteiger partial charge in [0.15, 0.2) is 0 Å². The van der Waals surface area contributed by atoms with Crippen LogP contribution < -0.4 is 11.4 Å². The third-order valence-electron chi connectivity index (χ3n) is 2.62. The maximum atomic E-state index is 11.6. The molecule has 1 aromatic heterocycles. The molecule has 8 heteroatoms. The summed E-state index contributed by atoms with van der Waals surface area (Å²) in [7, 11) is 0. The van der Waals surface area contributed by atoms with E-state index in [0.29, 0.717) is 0 Å². The van der Waals surface area contributed by atoms with E-state index >= 15 is 0 Å². The number of nitrogens with zero attached hydrogens (tertiary/aromatic N) is 2. The molecule has 4 atom stereocenters. The summed E-state index contributed by atoms with van der Waals surface area (Å²) in [4.78, 5) is 14.7. The van der Waals surface area contributed by atoms with Crippen molar-refractivity contribution < 1.29 is 14.9 Å². The summed E-state index contributed by atoms with van der Waals surface area (Å²) < 4.78 is 6.63. The number of nitrogens with two attached hydrogens (primary N) is 1. The van der Waals surface area contributed by atoms with Crippen molar-refractivity contribution in [1.82, 2.24) is 9.55 Å². The van der Waals surface area contributed by atoms with Crippen LogP contribution in [0.25, 0.3) is 0 Å². The van der Waals surface area contributed by atoms with Gasteiger partial charge in [0.25, 0.3) is 0 Å². The molecule has 1 fully saturated rings. The predicted octanol–water partition coefficient (Wildman–Crippen LogP) is -1.97. The third-order valence-corrected chi connectivity index (χ3v) is 3.69. The van der Waals surface area contributed by atoms with Crippen LogP contribution in [0.2, 0.25) is 4.82 Å². The summed E-state index contributed by atoms with van der Waals surface area (Å²) in [5.74, 6) is 0.125. The van der Waals surface area contributed by atoms with Gasteiger partial charge >= 0.3 is 105 Å². The van der Waals surface area contributed by atoms with Crippen LogP contribution in [-0.2, 0) is 4.74 Å². The van der Waals surface area contributed by atoms with Crippen LogP contribution in [0.4, 0.5) is 5.82 Å².